The lowest BCUT2D eigenvalue weighted by Gasteiger charge is -2.14. The normalized spacial score (nSPS) is 23.1. The van der Waals surface area contributed by atoms with Gasteiger partial charge in [0.15, 0.2) is 5.65 Å². The number of carboxylic acid groups (broad SMARTS) is 1. The van der Waals surface area contributed by atoms with Crippen LogP contribution in [0.5, 0.6) is 0 Å². The minimum absolute atomic E-state index is 0.0850. The Labute approximate surface area is 145 Å². The molecule has 2 aromatic rings. The highest BCUT2D eigenvalue weighted by Gasteiger charge is 2.32. The number of nitrogens with zero attached hydrogens (tertiary/aromatic N) is 3. The quantitative estimate of drug-likeness (QED) is 0.887. The molecule has 1 amide bonds. The lowest BCUT2D eigenvalue weighted by molar-refractivity contribution is -0.141. The zero-order valence-electron chi connectivity index (χ0n) is 14.5. The highest BCUT2D eigenvalue weighted by Crippen LogP contribution is 2.40. The first-order chi connectivity index (χ1) is 11.9. The molecule has 0 saturated heterocycles. The van der Waals surface area contributed by atoms with Crippen molar-refractivity contribution in [2.45, 2.75) is 51.0 Å². The molecule has 132 valence electrons. The van der Waals surface area contributed by atoms with Crippen molar-refractivity contribution >= 4 is 22.9 Å². The van der Waals surface area contributed by atoms with E-state index in [0.717, 1.165) is 35.3 Å². The van der Waals surface area contributed by atoms with Gasteiger partial charge in [-0.05, 0) is 45.1 Å². The highest BCUT2D eigenvalue weighted by atomic mass is 16.4. The van der Waals surface area contributed by atoms with Crippen LogP contribution < -0.4 is 5.32 Å². The van der Waals surface area contributed by atoms with E-state index in [1.807, 2.05) is 20.0 Å². The Morgan fingerprint density at radius 2 is 2.04 bits per heavy atom. The van der Waals surface area contributed by atoms with E-state index in [0.29, 0.717) is 30.7 Å². The fourth-order valence-corrected chi connectivity index (χ4v) is 3.83. The number of hydrogen-bond donors (Lipinski definition) is 2. The second kappa shape index (κ2) is 5.82. The summed E-state index contributed by atoms with van der Waals surface area (Å²) in [6, 6.07) is 1.81. The molecule has 2 aliphatic rings. The van der Waals surface area contributed by atoms with Gasteiger partial charge >= 0.3 is 5.97 Å². The van der Waals surface area contributed by atoms with Crippen molar-refractivity contribution < 1.29 is 14.7 Å². The van der Waals surface area contributed by atoms with Crippen molar-refractivity contribution in [3.8, 4) is 0 Å². The number of aryl methyl sites for hydroxylation is 2. The maximum absolute atomic E-state index is 12.9. The van der Waals surface area contributed by atoms with Crippen molar-refractivity contribution in [2.24, 2.45) is 13.0 Å². The molecule has 2 atom stereocenters. The average molecular weight is 342 g/mol. The van der Waals surface area contributed by atoms with Gasteiger partial charge in [0.05, 0.1) is 22.6 Å². The zero-order chi connectivity index (χ0) is 17.7. The van der Waals surface area contributed by atoms with E-state index in [4.69, 9.17) is 10.1 Å². The summed E-state index contributed by atoms with van der Waals surface area (Å²) in [6.07, 6.45) is 4.04. The monoisotopic (exact) mass is 342 g/mol. The number of carbonyl (C=O) groups excluding carboxylic acids is 1. The lowest BCUT2D eigenvalue weighted by Crippen LogP contribution is -2.33. The Morgan fingerprint density at radius 1 is 1.28 bits per heavy atom. The molecule has 7 heteroatoms. The number of fused-ring (bicyclic) bond motifs is 1. The summed E-state index contributed by atoms with van der Waals surface area (Å²) in [5.74, 6) is -0.845. The molecule has 0 aliphatic heterocycles. The summed E-state index contributed by atoms with van der Waals surface area (Å²) >= 11 is 0. The van der Waals surface area contributed by atoms with Crippen LogP contribution in [0, 0.1) is 12.8 Å². The fourth-order valence-electron chi connectivity index (χ4n) is 3.83. The van der Waals surface area contributed by atoms with Crippen LogP contribution >= 0.6 is 0 Å². The third kappa shape index (κ3) is 2.88. The Morgan fingerprint density at radius 3 is 2.68 bits per heavy atom. The number of hydrogen-bond acceptors (Lipinski definition) is 4. The smallest absolute Gasteiger partial charge is 0.306 e. The molecule has 2 saturated carbocycles. The lowest BCUT2D eigenvalue weighted by atomic mass is 10.1. The predicted octanol–water partition coefficient (Wildman–Crippen LogP) is 2.14. The van der Waals surface area contributed by atoms with Gasteiger partial charge in [-0.25, -0.2) is 4.98 Å². The number of pyridine rings is 1. The minimum atomic E-state index is -0.776. The molecular weight excluding hydrogens is 320 g/mol. The van der Waals surface area contributed by atoms with Crippen LogP contribution in [-0.2, 0) is 11.8 Å². The van der Waals surface area contributed by atoms with Crippen molar-refractivity contribution in [1.82, 2.24) is 20.1 Å². The molecule has 7 nitrogen and oxygen atoms in total. The van der Waals surface area contributed by atoms with E-state index in [9.17, 15) is 9.59 Å². The van der Waals surface area contributed by atoms with Crippen LogP contribution in [0.3, 0.4) is 0 Å². The van der Waals surface area contributed by atoms with Gasteiger partial charge in [0.25, 0.3) is 5.91 Å². The van der Waals surface area contributed by atoms with Gasteiger partial charge in [-0.3, -0.25) is 14.3 Å². The van der Waals surface area contributed by atoms with Gasteiger partial charge in [0.1, 0.15) is 0 Å². The SMILES string of the molecule is Cc1nn(C)c2nc(C3CC3)cc(C(=O)N[C@@H]3CC[C@H](C(=O)O)C3)c12. The molecule has 0 unspecified atom stereocenters. The fraction of sp³-hybridized carbons (Fsp3) is 0.556. The number of rotatable bonds is 4. The van der Waals surface area contributed by atoms with E-state index in [2.05, 4.69) is 10.4 Å². The van der Waals surface area contributed by atoms with Gasteiger partial charge in [-0.15, -0.1) is 0 Å². The molecular formula is C18H22N4O3. The second-order valence-corrected chi connectivity index (χ2v) is 7.30. The molecule has 0 radical (unpaired) electrons. The molecule has 25 heavy (non-hydrogen) atoms. The average Bonchev–Trinajstić information content (AvgIpc) is 3.25. The second-order valence-electron chi connectivity index (χ2n) is 7.30. The standard InChI is InChI=1S/C18H22N4O3/c1-9-15-13(17(23)19-12-6-5-11(7-12)18(24)25)8-14(10-3-4-10)20-16(15)22(2)21-9/h8,10-12H,3-7H2,1-2H3,(H,19,23)(H,24,25)/t11-,12+/m0/s1. The topological polar surface area (TPSA) is 97.1 Å². The Balaban J connectivity index is 1.65. The highest BCUT2D eigenvalue weighted by molar-refractivity contribution is 6.06. The molecule has 2 aromatic heterocycles. The Hall–Kier alpha value is -2.44. The van der Waals surface area contributed by atoms with Crippen molar-refractivity contribution in [3.05, 3.63) is 23.0 Å². The summed E-state index contributed by atoms with van der Waals surface area (Å²) in [5, 5.41) is 17.4. The van der Waals surface area contributed by atoms with Crippen LogP contribution in [-0.4, -0.2) is 37.8 Å². The van der Waals surface area contributed by atoms with E-state index in [-0.39, 0.29) is 17.9 Å². The predicted molar refractivity (Wildman–Crippen MR) is 91.5 cm³/mol. The molecule has 2 heterocycles. The van der Waals surface area contributed by atoms with Gasteiger partial charge in [0, 0.05) is 24.7 Å². The van der Waals surface area contributed by atoms with Gasteiger partial charge in [0.2, 0.25) is 0 Å². The number of carboxylic acids is 1. The summed E-state index contributed by atoms with van der Waals surface area (Å²) < 4.78 is 1.73. The number of aliphatic carboxylic acids is 1. The van der Waals surface area contributed by atoms with Crippen LogP contribution in [0.1, 0.15) is 59.8 Å². The van der Waals surface area contributed by atoms with Gasteiger partial charge in [-0.1, -0.05) is 0 Å². The third-order valence-electron chi connectivity index (χ3n) is 5.35. The molecule has 2 N–H and O–H groups in total. The first kappa shape index (κ1) is 16.1. The number of amides is 1. The van der Waals surface area contributed by atoms with E-state index in [1.165, 1.54) is 0 Å². The largest absolute Gasteiger partial charge is 0.481 e. The number of nitrogens with one attached hydrogen (secondary N) is 1. The summed E-state index contributed by atoms with van der Waals surface area (Å²) in [7, 11) is 1.84. The maximum atomic E-state index is 12.9. The van der Waals surface area contributed by atoms with E-state index in [1.54, 1.807) is 4.68 Å². The maximum Gasteiger partial charge on any atom is 0.306 e. The van der Waals surface area contributed by atoms with Crippen LogP contribution in [0.4, 0.5) is 0 Å². The molecule has 0 spiro atoms. The Bertz CT molecular complexity index is 869. The van der Waals surface area contributed by atoms with E-state index >= 15 is 0 Å². The molecule has 0 aromatic carbocycles. The first-order valence-corrected chi connectivity index (χ1v) is 8.82. The summed E-state index contributed by atoms with van der Waals surface area (Å²) in [6.45, 7) is 1.88. The molecule has 2 fully saturated rings. The van der Waals surface area contributed by atoms with Crippen molar-refractivity contribution in [3.63, 3.8) is 0 Å². The zero-order valence-corrected chi connectivity index (χ0v) is 14.5. The minimum Gasteiger partial charge on any atom is -0.481 e. The van der Waals surface area contributed by atoms with Crippen molar-refractivity contribution in [2.75, 3.05) is 0 Å². The Kier molecular flexibility index (Phi) is 3.74. The van der Waals surface area contributed by atoms with Crippen LogP contribution in [0.15, 0.2) is 6.07 Å². The third-order valence-corrected chi connectivity index (χ3v) is 5.35. The first-order valence-electron chi connectivity index (χ1n) is 8.82. The van der Waals surface area contributed by atoms with Crippen LogP contribution in [0.2, 0.25) is 0 Å². The summed E-state index contributed by atoms with van der Waals surface area (Å²) in [4.78, 5) is 28.8. The van der Waals surface area contributed by atoms with Gasteiger partial charge in [-0.2, -0.15) is 5.10 Å². The van der Waals surface area contributed by atoms with E-state index < -0.39 is 5.97 Å². The van der Waals surface area contributed by atoms with Crippen molar-refractivity contribution in [1.29, 1.82) is 0 Å². The summed E-state index contributed by atoms with van der Waals surface area (Å²) in [5.41, 5.74) is 3.08. The van der Waals surface area contributed by atoms with Crippen LogP contribution in [0.25, 0.3) is 11.0 Å². The van der Waals surface area contributed by atoms with Gasteiger partial charge < -0.3 is 10.4 Å². The molecule has 4 rings (SSSR count). The number of carbonyl (C=O) groups is 2. The molecule has 2 aliphatic carbocycles. The molecule has 0 bridgehead atoms. The number of aromatic nitrogens is 3.